The van der Waals surface area contributed by atoms with E-state index >= 15 is 0 Å². The number of nitrogens with zero attached hydrogens (tertiary/aromatic N) is 2. The van der Waals surface area contributed by atoms with Crippen LogP contribution in [0.5, 0.6) is 0 Å². The maximum atomic E-state index is 11.7. The highest BCUT2D eigenvalue weighted by molar-refractivity contribution is 8.18. The number of imide groups is 1. The Morgan fingerprint density at radius 2 is 1.82 bits per heavy atom. The summed E-state index contributed by atoms with van der Waals surface area (Å²) in [6.45, 7) is 3.99. The summed E-state index contributed by atoms with van der Waals surface area (Å²) in [6.07, 6.45) is 1.80. The maximum Gasteiger partial charge on any atom is 0.290 e. The van der Waals surface area contributed by atoms with Gasteiger partial charge in [-0.05, 0) is 36.5 Å². The third-order valence-electron chi connectivity index (χ3n) is 3.71. The van der Waals surface area contributed by atoms with E-state index in [0.717, 1.165) is 49.2 Å². The van der Waals surface area contributed by atoms with E-state index in [-0.39, 0.29) is 16.6 Å². The van der Waals surface area contributed by atoms with Gasteiger partial charge in [0.15, 0.2) is 0 Å². The number of hydrogen-bond acceptors (Lipinski definition) is 5. The second kappa shape index (κ2) is 6.95. The quantitative estimate of drug-likeness (QED) is 0.820. The van der Waals surface area contributed by atoms with Gasteiger partial charge in [-0.1, -0.05) is 18.2 Å². The second-order valence-corrected chi connectivity index (χ2v) is 6.22. The first-order valence-electron chi connectivity index (χ1n) is 6.91. The average molecular weight is 321 g/mol. The minimum absolute atomic E-state index is 0. The van der Waals surface area contributed by atoms with Gasteiger partial charge in [0.1, 0.15) is 0 Å². The van der Waals surface area contributed by atoms with E-state index < -0.39 is 0 Å². The fourth-order valence-electron chi connectivity index (χ4n) is 2.51. The van der Waals surface area contributed by atoms with Crippen LogP contribution >= 0.6 is 11.8 Å². The lowest BCUT2D eigenvalue weighted by molar-refractivity contribution is -0.115. The van der Waals surface area contributed by atoms with Gasteiger partial charge in [0.25, 0.3) is 11.1 Å². The minimum atomic E-state index is -0.307. The van der Waals surface area contributed by atoms with Gasteiger partial charge < -0.3 is 15.3 Å². The summed E-state index contributed by atoms with van der Waals surface area (Å²) in [6, 6.07) is 8.00. The Bertz CT molecular complexity index is 610. The van der Waals surface area contributed by atoms with Gasteiger partial charge in [0, 0.05) is 31.9 Å². The highest BCUT2D eigenvalue weighted by atomic mass is 32.2. The summed E-state index contributed by atoms with van der Waals surface area (Å²) in [7, 11) is 2.12. The molecule has 2 aliphatic heterocycles. The Kier molecular flexibility index (Phi) is 5.23. The number of para-hydroxylation sites is 1. The summed E-state index contributed by atoms with van der Waals surface area (Å²) in [5.41, 5.74) is 2.10. The van der Waals surface area contributed by atoms with Crippen molar-refractivity contribution in [1.82, 2.24) is 10.2 Å². The number of amides is 2. The van der Waals surface area contributed by atoms with E-state index in [0.29, 0.717) is 4.91 Å². The molecule has 0 saturated carbocycles. The fraction of sp³-hybridized carbons (Fsp3) is 0.333. The highest BCUT2D eigenvalue weighted by Gasteiger charge is 2.25. The zero-order chi connectivity index (χ0) is 14.8. The largest absolute Gasteiger partial charge is 0.412 e. The predicted octanol–water partition coefficient (Wildman–Crippen LogP) is 0.938. The molecule has 3 rings (SSSR count). The van der Waals surface area contributed by atoms with Gasteiger partial charge in [-0.2, -0.15) is 0 Å². The van der Waals surface area contributed by atoms with Crippen LogP contribution in [0.2, 0.25) is 0 Å². The predicted molar refractivity (Wildman–Crippen MR) is 88.9 cm³/mol. The monoisotopic (exact) mass is 321 g/mol. The van der Waals surface area contributed by atoms with Crippen molar-refractivity contribution < 1.29 is 15.1 Å². The molecule has 2 fully saturated rings. The summed E-state index contributed by atoms with van der Waals surface area (Å²) in [5.74, 6) is -0.307. The van der Waals surface area contributed by atoms with Crippen molar-refractivity contribution in [3.63, 3.8) is 0 Å². The molecule has 2 saturated heterocycles. The highest BCUT2D eigenvalue weighted by Crippen LogP contribution is 2.29. The minimum Gasteiger partial charge on any atom is -0.412 e. The summed E-state index contributed by atoms with van der Waals surface area (Å²) < 4.78 is 0. The molecule has 0 bridgehead atoms. The van der Waals surface area contributed by atoms with E-state index in [1.165, 1.54) is 0 Å². The van der Waals surface area contributed by atoms with E-state index in [1.54, 1.807) is 6.08 Å². The normalized spacial score (nSPS) is 21.0. The fourth-order valence-corrected chi connectivity index (χ4v) is 3.18. The zero-order valence-electron chi connectivity index (χ0n) is 12.3. The summed E-state index contributed by atoms with van der Waals surface area (Å²) in [4.78, 5) is 28.0. The number of carbonyl (C=O) groups excluding carboxylic acids is 2. The van der Waals surface area contributed by atoms with E-state index in [4.69, 9.17) is 0 Å². The maximum absolute atomic E-state index is 11.7. The molecular formula is C15H19N3O3S. The summed E-state index contributed by atoms with van der Waals surface area (Å²) in [5, 5.41) is 1.99. The molecule has 22 heavy (non-hydrogen) atoms. The van der Waals surface area contributed by atoms with Crippen LogP contribution in [-0.2, 0) is 4.79 Å². The van der Waals surface area contributed by atoms with Crippen LogP contribution < -0.4 is 10.2 Å². The molecule has 0 spiro atoms. The van der Waals surface area contributed by atoms with Gasteiger partial charge in [0.2, 0.25) is 0 Å². The SMILES string of the molecule is CN1CCN(c2ccccc2C=C2SC(=O)NC2=O)CC1.O. The Labute approximate surface area is 133 Å². The average Bonchev–Trinajstić information content (AvgIpc) is 2.79. The number of likely N-dealkylation sites (N-methyl/N-ethyl adjacent to an activating group) is 1. The van der Waals surface area contributed by atoms with Gasteiger partial charge >= 0.3 is 0 Å². The molecular weight excluding hydrogens is 302 g/mol. The molecule has 0 radical (unpaired) electrons. The van der Waals surface area contributed by atoms with Gasteiger partial charge in [-0.3, -0.25) is 14.9 Å². The molecule has 0 unspecified atom stereocenters. The number of rotatable bonds is 2. The standard InChI is InChI=1S/C15H17N3O2S.H2O/c1-17-6-8-18(9-7-17)12-5-3-2-4-11(12)10-13-14(19)16-15(20)21-13;/h2-5,10H,6-9H2,1H3,(H,16,19,20);1H2. The smallest absolute Gasteiger partial charge is 0.290 e. The molecule has 2 aliphatic rings. The molecule has 0 aliphatic carbocycles. The lowest BCUT2D eigenvalue weighted by Crippen LogP contribution is -2.44. The number of piperazine rings is 1. The molecule has 118 valence electrons. The first-order chi connectivity index (χ1) is 10.1. The molecule has 6 nitrogen and oxygen atoms in total. The molecule has 2 amide bonds. The van der Waals surface area contributed by atoms with Crippen LogP contribution in [-0.4, -0.2) is 54.7 Å². The topological polar surface area (TPSA) is 84.2 Å². The lowest BCUT2D eigenvalue weighted by Gasteiger charge is -2.34. The molecule has 3 N–H and O–H groups in total. The third-order valence-corrected chi connectivity index (χ3v) is 4.52. The zero-order valence-corrected chi connectivity index (χ0v) is 13.2. The first-order valence-corrected chi connectivity index (χ1v) is 7.72. The summed E-state index contributed by atoms with van der Waals surface area (Å²) >= 11 is 0.959. The van der Waals surface area contributed by atoms with Crippen molar-refractivity contribution in [2.45, 2.75) is 0 Å². The Morgan fingerprint density at radius 3 is 2.45 bits per heavy atom. The molecule has 0 atom stereocenters. The molecule has 0 aromatic heterocycles. The van der Waals surface area contributed by atoms with Crippen LogP contribution in [0.3, 0.4) is 0 Å². The van der Waals surface area contributed by atoms with Gasteiger partial charge in [-0.15, -0.1) is 0 Å². The molecule has 2 heterocycles. The Morgan fingerprint density at radius 1 is 1.14 bits per heavy atom. The second-order valence-electron chi connectivity index (χ2n) is 5.20. The van der Waals surface area contributed by atoms with E-state index in [9.17, 15) is 9.59 Å². The number of anilines is 1. The van der Waals surface area contributed by atoms with Crippen LogP contribution in [0, 0.1) is 0 Å². The van der Waals surface area contributed by atoms with Crippen molar-refractivity contribution in [3.8, 4) is 0 Å². The van der Waals surface area contributed by atoms with Gasteiger partial charge in [-0.25, -0.2) is 0 Å². The molecule has 1 aromatic carbocycles. The molecule has 1 aromatic rings. The van der Waals surface area contributed by atoms with Gasteiger partial charge in [0.05, 0.1) is 4.91 Å². The number of nitrogens with one attached hydrogen (secondary N) is 1. The number of carbonyl (C=O) groups is 2. The number of thioether (sulfide) groups is 1. The van der Waals surface area contributed by atoms with Crippen LogP contribution in [0.1, 0.15) is 5.56 Å². The lowest BCUT2D eigenvalue weighted by atomic mass is 10.1. The van der Waals surface area contributed by atoms with Crippen molar-refractivity contribution in [2.24, 2.45) is 0 Å². The van der Waals surface area contributed by atoms with Crippen molar-refractivity contribution in [2.75, 3.05) is 38.1 Å². The van der Waals surface area contributed by atoms with Crippen LogP contribution in [0.25, 0.3) is 6.08 Å². The van der Waals surface area contributed by atoms with E-state index in [2.05, 4.69) is 28.2 Å². The van der Waals surface area contributed by atoms with Crippen molar-refractivity contribution in [3.05, 3.63) is 34.7 Å². The first kappa shape index (κ1) is 16.5. The molecule has 7 heteroatoms. The van der Waals surface area contributed by atoms with Crippen LogP contribution in [0.15, 0.2) is 29.2 Å². The Balaban J connectivity index is 0.00000176. The van der Waals surface area contributed by atoms with Crippen molar-refractivity contribution in [1.29, 1.82) is 0 Å². The number of benzene rings is 1. The number of hydrogen-bond donors (Lipinski definition) is 1. The Hall–Kier alpha value is -1.83. The van der Waals surface area contributed by atoms with Crippen molar-refractivity contribution >= 4 is 34.7 Å². The van der Waals surface area contributed by atoms with E-state index in [1.807, 2.05) is 18.2 Å². The third kappa shape index (κ3) is 3.49. The van der Waals surface area contributed by atoms with Crippen LogP contribution in [0.4, 0.5) is 10.5 Å².